The van der Waals surface area contributed by atoms with Crippen molar-refractivity contribution in [3.8, 4) is 0 Å². The van der Waals surface area contributed by atoms with Crippen molar-refractivity contribution in [1.29, 1.82) is 0 Å². The highest BCUT2D eigenvalue weighted by Crippen LogP contribution is 2.36. The minimum absolute atomic E-state index is 0.162. The molecule has 28 heavy (non-hydrogen) atoms. The van der Waals surface area contributed by atoms with Crippen molar-refractivity contribution in [1.82, 2.24) is 9.80 Å². The van der Waals surface area contributed by atoms with Gasteiger partial charge in [0.2, 0.25) is 6.41 Å². The molecule has 1 N–H and O–H groups in total. The van der Waals surface area contributed by atoms with Crippen molar-refractivity contribution < 1.29 is 14.2 Å². The molecule has 0 bridgehead atoms. The molecule has 1 aromatic heterocycles. The van der Waals surface area contributed by atoms with Gasteiger partial charge in [0.1, 0.15) is 5.82 Å². The van der Waals surface area contributed by atoms with Crippen molar-refractivity contribution in [2.75, 3.05) is 39.8 Å². The lowest BCUT2D eigenvalue weighted by atomic mass is 9.87. The summed E-state index contributed by atoms with van der Waals surface area (Å²) in [5, 5.41) is 14.5. The van der Waals surface area contributed by atoms with E-state index in [9.17, 15) is 9.50 Å². The lowest BCUT2D eigenvalue weighted by Gasteiger charge is -2.35. The minimum atomic E-state index is -0.824. The number of methoxy groups -OCH3 is 1. The Bertz CT molecular complexity index is 732. The Balaban J connectivity index is 1.37. The maximum absolute atomic E-state index is 13.2. The first-order valence-corrected chi connectivity index (χ1v) is 11.0. The second-order valence-electron chi connectivity index (χ2n) is 8.07. The van der Waals surface area contributed by atoms with Gasteiger partial charge >= 0.3 is 0 Å². The van der Waals surface area contributed by atoms with Crippen molar-refractivity contribution in [2.24, 2.45) is 5.92 Å². The number of halogens is 1. The lowest BCUT2D eigenvalue weighted by Crippen LogP contribution is -2.39. The van der Waals surface area contributed by atoms with E-state index in [4.69, 9.17) is 4.74 Å². The first kappa shape index (κ1) is 20.0. The van der Waals surface area contributed by atoms with Gasteiger partial charge < -0.3 is 14.7 Å². The average Bonchev–Trinajstić information content (AvgIpc) is 3.38. The number of ether oxygens (including phenoxy) is 1. The number of hydrogen-bond acceptors (Lipinski definition) is 5. The third-order valence-electron chi connectivity index (χ3n) is 6.39. The minimum Gasteiger partial charge on any atom is -0.356 e. The van der Waals surface area contributed by atoms with Crippen molar-refractivity contribution >= 4 is 11.3 Å². The fourth-order valence-electron chi connectivity index (χ4n) is 4.80. The van der Waals surface area contributed by atoms with Gasteiger partial charge in [-0.3, -0.25) is 4.90 Å². The zero-order valence-electron chi connectivity index (χ0n) is 16.3. The van der Waals surface area contributed by atoms with Gasteiger partial charge in [-0.25, -0.2) is 4.39 Å². The number of thiophene rings is 1. The Hall–Kier alpha value is -1.31. The van der Waals surface area contributed by atoms with Gasteiger partial charge in [-0.05, 0) is 77.9 Å². The number of rotatable bonds is 6. The second kappa shape index (κ2) is 9.01. The molecule has 2 aliphatic heterocycles. The molecule has 2 saturated heterocycles. The first-order valence-electron chi connectivity index (χ1n) is 10.1. The van der Waals surface area contributed by atoms with Crippen LogP contribution < -0.4 is 0 Å². The Labute approximate surface area is 170 Å². The van der Waals surface area contributed by atoms with Gasteiger partial charge in [0.15, 0.2) is 0 Å². The van der Waals surface area contributed by atoms with Gasteiger partial charge in [0.25, 0.3) is 0 Å². The van der Waals surface area contributed by atoms with E-state index in [-0.39, 0.29) is 5.82 Å². The van der Waals surface area contributed by atoms with Crippen LogP contribution in [0, 0.1) is 11.7 Å². The van der Waals surface area contributed by atoms with Gasteiger partial charge in [-0.15, -0.1) is 0 Å². The molecule has 2 fully saturated rings. The normalized spacial score (nSPS) is 26.0. The Kier molecular flexibility index (Phi) is 6.43. The maximum atomic E-state index is 13.2. The smallest absolute Gasteiger partial charge is 0.215 e. The molecule has 152 valence electrons. The van der Waals surface area contributed by atoms with Crippen molar-refractivity contribution in [3.63, 3.8) is 0 Å². The Morgan fingerprint density at radius 1 is 1.14 bits per heavy atom. The van der Waals surface area contributed by atoms with Crippen LogP contribution in [0.5, 0.6) is 0 Å². The highest BCUT2D eigenvalue weighted by molar-refractivity contribution is 7.08. The molecule has 3 heterocycles. The highest BCUT2D eigenvalue weighted by atomic mass is 32.1. The molecular weight excluding hydrogens is 375 g/mol. The van der Waals surface area contributed by atoms with E-state index in [2.05, 4.69) is 21.7 Å². The summed E-state index contributed by atoms with van der Waals surface area (Å²) in [5.74, 6) is 1.29. The van der Waals surface area contributed by atoms with Gasteiger partial charge in [-0.2, -0.15) is 11.3 Å². The average molecular weight is 405 g/mol. The van der Waals surface area contributed by atoms with Gasteiger partial charge in [0.05, 0.1) is 0 Å². The predicted octanol–water partition coefficient (Wildman–Crippen LogP) is 3.70. The summed E-state index contributed by atoms with van der Waals surface area (Å²) in [5.41, 5.74) is 2.63. The number of aliphatic hydroxyl groups is 1. The third kappa shape index (κ3) is 4.47. The fraction of sp³-hybridized carbons (Fsp3) is 0.545. The van der Waals surface area contributed by atoms with E-state index >= 15 is 0 Å². The second-order valence-corrected chi connectivity index (χ2v) is 8.85. The summed E-state index contributed by atoms with van der Waals surface area (Å²) in [6.45, 7) is 4.88. The fourth-order valence-corrected chi connectivity index (χ4v) is 5.52. The summed E-state index contributed by atoms with van der Waals surface area (Å²) >= 11 is 1.74. The number of hydrogen-bond donors (Lipinski definition) is 1. The SMILES string of the molecule is COC(O)N1CC(c2ccsc2)[C@H](CN2CCC(c3ccc(F)cc3)CC2)C1. The molecular formula is C22H29FN2O2S. The van der Waals surface area contributed by atoms with Crippen LogP contribution in [-0.4, -0.2) is 61.2 Å². The summed E-state index contributed by atoms with van der Waals surface area (Å²) < 4.78 is 18.3. The molecule has 4 rings (SSSR count). The molecule has 0 amide bonds. The topological polar surface area (TPSA) is 35.9 Å². The Morgan fingerprint density at radius 3 is 2.54 bits per heavy atom. The number of piperidine rings is 1. The summed E-state index contributed by atoms with van der Waals surface area (Å²) in [6.07, 6.45) is 1.41. The predicted molar refractivity (Wildman–Crippen MR) is 110 cm³/mol. The summed E-state index contributed by atoms with van der Waals surface area (Å²) in [6, 6.07) is 9.22. The molecule has 3 atom stereocenters. The molecule has 6 heteroatoms. The molecule has 4 nitrogen and oxygen atoms in total. The van der Waals surface area contributed by atoms with Crippen LogP contribution in [-0.2, 0) is 4.74 Å². The molecule has 0 aliphatic carbocycles. The number of aliphatic hydroxyl groups excluding tert-OH is 1. The van der Waals surface area contributed by atoms with Crippen molar-refractivity contribution in [3.05, 3.63) is 58.0 Å². The van der Waals surface area contributed by atoms with Crippen LogP contribution in [0.1, 0.15) is 35.8 Å². The summed E-state index contributed by atoms with van der Waals surface area (Å²) in [4.78, 5) is 4.60. The monoisotopic (exact) mass is 404 g/mol. The van der Waals surface area contributed by atoms with Crippen LogP contribution in [0.25, 0.3) is 0 Å². The van der Waals surface area contributed by atoms with E-state index in [1.807, 2.05) is 17.0 Å². The van der Waals surface area contributed by atoms with Crippen LogP contribution in [0.15, 0.2) is 41.1 Å². The maximum Gasteiger partial charge on any atom is 0.215 e. The number of nitrogens with zero attached hydrogens (tertiary/aromatic N) is 2. The van der Waals surface area contributed by atoms with Crippen LogP contribution in [0.4, 0.5) is 4.39 Å². The molecule has 1 aromatic carbocycles. The van der Waals surface area contributed by atoms with E-state index in [0.29, 0.717) is 17.8 Å². The molecule has 0 saturated carbocycles. The van der Waals surface area contributed by atoms with E-state index < -0.39 is 6.41 Å². The first-order chi connectivity index (χ1) is 13.6. The molecule has 0 spiro atoms. The zero-order valence-corrected chi connectivity index (χ0v) is 17.2. The van der Waals surface area contributed by atoms with Gasteiger partial charge in [0, 0.05) is 32.7 Å². The third-order valence-corrected chi connectivity index (χ3v) is 7.09. The quantitative estimate of drug-likeness (QED) is 0.745. The van der Waals surface area contributed by atoms with Gasteiger partial charge in [-0.1, -0.05) is 12.1 Å². The highest BCUT2D eigenvalue weighted by Gasteiger charge is 2.38. The number of likely N-dealkylation sites (tertiary alicyclic amines) is 2. The van der Waals surface area contributed by atoms with E-state index in [0.717, 1.165) is 45.6 Å². The van der Waals surface area contributed by atoms with Crippen LogP contribution in [0.3, 0.4) is 0 Å². The molecule has 2 unspecified atom stereocenters. The zero-order chi connectivity index (χ0) is 19.5. The van der Waals surface area contributed by atoms with Crippen molar-refractivity contribution in [2.45, 2.75) is 31.1 Å². The van der Waals surface area contributed by atoms with Crippen LogP contribution >= 0.6 is 11.3 Å². The molecule has 2 aliphatic rings. The number of benzene rings is 1. The molecule has 0 radical (unpaired) electrons. The standard InChI is InChI=1S/C22H29FN2O2S/c1-27-22(26)25-13-19(21(14-25)18-8-11-28-15-18)12-24-9-6-17(7-10-24)16-2-4-20(23)5-3-16/h2-5,8,11,15,17,19,21-22,26H,6-7,9-10,12-14H2,1H3/t19-,21?,22?/m1/s1. The molecule has 2 aromatic rings. The van der Waals surface area contributed by atoms with Crippen LogP contribution in [0.2, 0.25) is 0 Å². The van der Waals surface area contributed by atoms with E-state index in [1.165, 1.54) is 11.1 Å². The van der Waals surface area contributed by atoms with E-state index in [1.54, 1.807) is 30.6 Å². The Morgan fingerprint density at radius 2 is 1.89 bits per heavy atom. The lowest BCUT2D eigenvalue weighted by molar-refractivity contribution is -0.170. The largest absolute Gasteiger partial charge is 0.356 e. The summed E-state index contributed by atoms with van der Waals surface area (Å²) in [7, 11) is 1.55.